The average Bonchev–Trinajstić information content (AvgIpc) is 2.03. The van der Waals surface area contributed by atoms with Crippen LogP contribution in [0.25, 0.3) is 0 Å². The standard InChI is InChI=1S/C9H19ClO.Mg.2H/c1-3-9(11-4-2)7-5-6-8-10;;;/h9H,3-8H2,1-2H3;;;/q;+2;2*-1. The van der Waals surface area contributed by atoms with Crippen LogP contribution in [-0.4, -0.2) is 41.6 Å². The minimum absolute atomic E-state index is 0. The summed E-state index contributed by atoms with van der Waals surface area (Å²) in [5, 5.41) is 0. The third kappa shape index (κ3) is 9.11. The van der Waals surface area contributed by atoms with E-state index in [4.69, 9.17) is 16.3 Å². The third-order valence-electron chi connectivity index (χ3n) is 1.77. The minimum atomic E-state index is 0. The quantitative estimate of drug-likeness (QED) is 0.352. The maximum absolute atomic E-state index is 5.56. The van der Waals surface area contributed by atoms with Crippen molar-refractivity contribution in [3.63, 3.8) is 0 Å². The number of ether oxygens (including phenoxy) is 1. The van der Waals surface area contributed by atoms with Gasteiger partial charge in [-0.25, -0.2) is 0 Å². The molecule has 0 radical (unpaired) electrons. The Morgan fingerprint density at radius 3 is 2.42 bits per heavy atom. The summed E-state index contributed by atoms with van der Waals surface area (Å²) >= 11 is 5.56. The second kappa shape index (κ2) is 12.0. The van der Waals surface area contributed by atoms with E-state index in [9.17, 15) is 0 Å². The molecule has 1 atom stereocenters. The maximum atomic E-state index is 5.56. The van der Waals surface area contributed by atoms with E-state index < -0.39 is 0 Å². The Morgan fingerprint density at radius 2 is 2.00 bits per heavy atom. The van der Waals surface area contributed by atoms with Crippen molar-refractivity contribution in [1.82, 2.24) is 0 Å². The molecule has 0 fully saturated rings. The SMILES string of the molecule is CCOC(CC)CCCCCl.[H-].[H-].[Mg+2]. The minimum Gasteiger partial charge on any atom is -1.00 e. The Labute approximate surface area is 100 Å². The maximum Gasteiger partial charge on any atom is 2.00 e. The van der Waals surface area contributed by atoms with E-state index in [1.54, 1.807) is 0 Å². The van der Waals surface area contributed by atoms with Crippen LogP contribution in [0.3, 0.4) is 0 Å². The zero-order valence-electron chi connectivity index (χ0n) is 10.3. The Balaban J connectivity index is -0.000000167. The van der Waals surface area contributed by atoms with Gasteiger partial charge in [-0.05, 0) is 32.6 Å². The average molecular weight is 205 g/mol. The van der Waals surface area contributed by atoms with Crippen molar-refractivity contribution in [3.8, 4) is 0 Å². The van der Waals surface area contributed by atoms with Gasteiger partial charge in [-0.1, -0.05) is 6.92 Å². The van der Waals surface area contributed by atoms with Gasteiger partial charge >= 0.3 is 23.1 Å². The number of alkyl halides is 1. The van der Waals surface area contributed by atoms with Gasteiger partial charge in [-0.15, -0.1) is 11.6 Å². The van der Waals surface area contributed by atoms with Crippen LogP contribution in [0.2, 0.25) is 0 Å². The molecule has 0 rings (SSSR count). The van der Waals surface area contributed by atoms with E-state index in [2.05, 4.69) is 6.92 Å². The first-order valence-electron chi connectivity index (χ1n) is 4.52. The predicted molar refractivity (Wildman–Crippen MR) is 58.3 cm³/mol. The van der Waals surface area contributed by atoms with E-state index >= 15 is 0 Å². The number of unbranched alkanes of at least 4 members (excludes halogenated alkanes) is 1. The number of hydrogen-bond donors (Lipinski definition) is 0. The molecule has 1 unspecified atom stereocenters. The van der Waals surface area contributed by atoms with E-state index in [1.165, 1.54) is 6.42 Å². The fourth-order valence-electron chi connectivity index (χ4n) is 1.11. The van der Waals surface area contributed by atoms with Crippen molar-refractivity contribution < 1.29 is 7.59 Å². The van der Waals surface area contributed by atoms with Gasteiger partial charge in [0.25, 0.3) is 0 Å². The molecule has 0 spiro atoms. The first-order chi connectivity index (χ1) is 5.35. The zero-order valence-corrected chi connectivity index (χ0v) is 10.5. The molecular formula is C9H21ClMgO. The van der Waals surface area contributed by atoms with E-state index in [1.807, 2.05) is 6.92 Å². The fourth-order valence-corrected chi connectivity index (χ4v) is 1.30. The molecular weight excluding hydrogens is 184 g/mol. The molecule has 0 aliphatic heterocycles. The third-order valence-corrected chi connectivity index (χ3v) is 2.03. The fraction of sp³-hybridized carbons (Fsp3) is 1.00. The van der Waals surface area contributed by atoms with E-state index in [-0.39, 0.29) is 25.9 Å². The van der Waals surface area contributed by atoms with Gasteiger partial charge < -0.3 is 7.59 Å². The van der Waals surface area contributed by atoms with Crippen molar-refractivity contribution in [1.29, 1.82) is 0 Å². The van der Waals surface area contributed by atoms with Gasteiger partial charge in [-0.2, -0.15) is 0 Å². The van der Waals surface area contributed by atoms with Gasteiger partial charge in [-0.3, -0.25) is 0 Å². The summed E-state index contributed by atoms with van der Waals surface area (Å²) in [4.78, 5) is 0. The summed E-state index contributed by atoms with van der Waals surface area (Å²) in [5.41, 5.74) is 0. The smallest absolute Gasteiger partial charge is 1.00 e. The van der Waals surface area contributed by atoms with Gasteiger partial charge in [0.05, 0.1) is 6.10 Å². The van der Waals surface area contributed by atoms with Crippen LogP contribution in [0.1, 0.15) is 42.4 Å². The predicted octanol–water partition coefficient (Wildman–Crippen LogP) is 3.05. The van der Waals surface area contributed by atoms with Crippen LogP contribution in [0.4, 0.5) is 0 Å². The van der Waals surface area contributed by atoms with Gasteiger partial charge in [0.1, 0.15) is 0 Å². The van der Waals surface area contributed by atoms with Crippen molar-refractivity contribution in [2.24, 2.45) is 0 Å². The number of hydrogen-bond acceptors (Lipinski definition) is 1. The Bertz CT molecular complexity index is 89.2. The molecule has 0 saturated heterocycles. The molecule has 0 aliphatic carbocycles. The largest absolute Gasteiger partial charge is 2.00 e. The Kier molecular flexibility index (Phi) is 15.5. The van der Waals surface area contributed by atoms with Crippen molar-refractivity contribution in [3.05, 3.63) is 0 Å². The molecule has 12 heavy (non-hydrogen) atoms. The molecule has 0 aromatic rings. The van der Waals surface area contributed by atoms with Crippen LogP contribution in [0.5, 0.6) is 0 Å². The summed E-state index contributed by atoms with van der Waals surface area (Å²) in [5.74, 6) is 0.780. The molecule has 72 valence electrons. The van der Waals surface area contributed by atoms with Gasteiger partial charge in [0.15, 0.2) is 0 Å². The Morgan fingerprint density at radius 1 is 1.33 bits per heavy atom. The molecule has 0 aromatic heterocycles. The normalized spacial score (nSPS) is 12.2. The second-order valence-corrected chi connectivity index (χ2v) is 3.05. The van der Waals surface area contributed by atoms with Crippen molar-refractivity contribution in [2.45, 2.75) is 45.6 Å². The number of rotatable bonds is 7. The van der Waals surface area contributed by atoms with Crippen LogP contribution < -0.4 is 0 Å². The first-order valence-corrected chi connectivity index (χ1v) is 5.06. The summed E-state index contributed by atoms with van der Waals surface area (Å²) < 4.78 is 5.49. The molecule has 0 bridgehead atoms. The van der Waals surface area contributed by atoms with Gasteiger partial charge in [0.2, 0.25) is 0 Å². The van der Waals surface area contributed by atoms with Crippen molar-refractivity contribution >= 4 is 34.7 Å². The topological polar surface area (TPSA) is 9.23 Å². The number of halogens is 1. The van der Waals surface area contributed by atoms with Crippen LogP contribution in [0, 0.1) is 0 Å². The van der Waals surface area contributed by atoms with Crippen LogP contribution >= 0.6 is 11.6 Å². The van der Waals surface area contributed by atoms with E-state index in [0.29, 0.717) is 6.10 Å². The van der Waals surface area contributed by atoms with E-state index in [0.717, 1.165) is 31.7 Å². The molecule has 0 saturated carbocycles. The molecule has 0 heterocycles. The summed E-state index contributed by atoms with van der Waals surface area (Å²) in [6.07, 6.45) is 5.06. The zero-order chi connectivity index (χ0) is 8.53. The summed E-state index contributed by atoms with van der Waals surface area (Å²) in [6.45, 7) is 5.05. The van der Waals surface area contributed by atoms with Crippen LogP contribution in [0.15, 0.2) is 0 Å². The molecule has 0 aliphatic rings. The van der Waals surface area contributed by atoms with Crippen LogP contribution in [-0.2, 0) is 4.74 Å². The molecule has 0 N–H and O–H groups in total. The first kappa shape index (κ1) is 15.5. The van der Waals surface area contributed by atoms with Crippen molar-refractivity contribution in [2.75, 3.05) is 12.5 Å². The Hall–Kier alpha value is 1.02. The summed E-state index contributed by atoms with van der Waals surface area (Å²) in [7, 11) is 0. The summed E-state index contributed by atoms with van der Waals surface area (Å²) in [6, 6.07) is 0. The van der Waals surface area contributed by atoms with Gasteiger partial charge in [0, 0.05) is 12.5 Å². The molecule has 0 aromatic carbocycles. The monoisotopic (exact) mass is 204 g/mol. The molecule has 3 heteroatoms. The molecule has 1 nitrogen and oxygen atoms in total. The molecule has 0 amide bonds. The second-order valence-electron chi connectivity index (χ2n) is 2.67.